The number of hydrogen-bond donors (Lipinski definition) is 0. The third-order valence-corrected chi connectivity index (χ3v) is 3.96. The van der Waals surface area contributed by atoms with Gasteiger partial charge in [0.05, 0.1) is 18.8 Å². The molecule has 0 saturated heterocycles. The number of ether oxygens (including phenoxy) is 3. The topological polar surface area (TPSA) is 61.8 Å². The van der Waals surface area contributed by atoms with E-state index < -0.39 is 5.97 Å². The second kappa shape index (κ2) is 7.49. The Labute approximate surface area is 147 Å². The zero-order valence-corrected chi connectivity index (χ0v) is 14.4. The van der Waals surface area contributed by atoms with Crippen LogP contribution in [0, 0.1) is 0 Å². The maximum Gasteiger partial charge on any atom is 0.338 e. The lowest BCUT2D eigenvalue weighted by atomic mass is 10.1. The number of Topliss-reactive ketones (excluding diaryl/α,β-unsaturated/α-hetero) is 1. The third-order valence-electron chi connectivity index (χ3n) is 3.46. The van der Waals surface area contributed by atoms with E-state index in [1.165, 1.54) is 0 Å². The highest BCUT2D eigenvalue weighted by Gasteiger charge is 2.16. The number of esters is 1. The molecule has 5 nitrogen and oxygen atoms in total. The molecule has 0 radical (unpaired) electrons. The molecule has 0 saturated carbocycles. The maximum absolute atomic E-state index is 12.2. The fourth-order valence-corrected chi connectivity index (χ4v) is 2.65. The highest BCUT2D eigenvalue weighted by atomic mass is 79.9. The van der Waals surface area contributed by atoms with Gasteiger partial charge in [-0.2, -0.15) is 0 Å². The van der Waals surface area contributed by atoms with Gasteiger partial charge in [-0.1, -0.05) is 22.0 Å². The van der Waals surface area contributed by atoms with Crippen LogP contribution in [0.5, 0.6) is 11.5 Å². The monoisotopic (exact) mass is 390 g/mol. The van der Waals surface area contributed by atoms with E-state index in [1.807, 2.05) is 0 Å². The van der Waals surface area contributed by atoms with Crippen molar-refractivity contribution in [2.75, 3.05) is 19.8 Å². The summed E-state index contributed by atoms with van der Waals surface area (Å²) < 4.78 is 16.9. The second-order valence-corrected chi connectivity index (χ2v) is 6.14. The number of benzene rings is 2. The molecule has 0 spiro atoms. The summed E-state index contributed by atoms with van der Waals surface area (Å²) in [4.78, 5) is 24.2. The molecule has 0 N–H and O–H groups in total. The van der Waals surface area contributed by atoms with Crippen LogP contribution in [0.4, 0.5) is 0 Å². The minimum atomic E-state index is -0.543. The number of carbonyl (C=O) groups excluding carboxylic acids is 2. The van der Waals surface area contributed by atoms with E-state index in [9.17, 15) is 9.59 Å². The zero-order valence-electron chi connectivity index (χ0n) is 12.8. The van der Waals surface area contributed by atoms with Crippen LogP contribution in [0.3, 0.4) is 0 Å². The summed E-state index contributed by atoms with van der Waals surface area (Å²) in [5, 5.41) is 0. The van der Waals surface area contributed by atoms with Gasteiger partial charge in [-0.15, -0.1) is 0 Å². The van der Waals surface area contributed by atoms with Crippen molar-refractivity contribution >= 4 is 27.7 Å². The van der Waals surface area contributed by atoms with Gasteiger partial charge >= 0.3 is 5.97 Å². The second-order valence-electron chi connectivity index (χ2n) is 5.22. The van der Waals surface area contributed by atoms with Crippen molar-refractivity contribution < 1.29 is 23.8 Å². The molecular weight excluding hydrogens is 376 g/mol. The van der Waals surface area contributed by atoms with Gasteiger partial charge in [-0.25, -0.2) is 4.79 Å². The van der Waals surface area contributed by atoms with Gasteiger partial charge in [0, 0.05) is 16.5 Å². The molecule has 124 valence electrons. The molecule has 2 aromatic carbocycles. The molecule has 1 aliphatic rings. The molecule has 1 aliphatic heterocycles. The predicted octanol–water partition coefficient (Wildman–Crippen LogP) is 3.65. The molecule has 0 fully saturated rings. The molecule has 6 heteroatoms. The Balaban J connectivity index is 1.65. The number of halogens is 1. The Hall–Kier alpha value is -2.34. The van der Waals surface area contributed by atoms with Crippen molar-refractivity contribution in [3.05, 3.63) is 58.1 Å². The van der Waals surface area contributed by atoms with Gasteiger partial charge in [0.15, 0.2) is 23.9 Å². The van der Waals surface area contributed by atoms with E-state index >= 15 is 0 Å². The first-order chi connectivity index (χ1) is 11.6. The Morgan fingerprint density at radius 2 is 1.79 bits per heavy atom. The number of fused-ring (bicyclic) bond motifs is 1. The van der Waals surface area contributed by atoms with Crippen molar-refractivity contribution in [3.8, 4) is 11.5 Å². The van der Waals surface area contributed by atoms with Crippen molar-refractivity contribution in [2.45, 2.75) is 6.42 Å². The summed E-state index contributed by atoms with van der Waals surface area (Å²) in [5.74, 6) is 0.319. The van der Waals surface area contributed by atoms with Crippen molar-refractivity contribution in [2.24, 2.45) is 0 Å². The van der Waals surface area contributed by atoms with Gasteiger partial charge in [0.2, 0.25) is 0 Å². The molecule has 2 aromatic rings. The first-order valence-corrected chi connectivity index (χ1v) is 8.28. The maximum atomic E-state index is 12.2. The molecule has 1 heterocycles. The molecule has 0 atom stereocenters. The molecule has 0 unspecified atom stereocenters. The molecule has 0 aliphatic carbocycles. The molecule has 24 heavy (non-hydrogen) atoms. The highest BCUT2D eigenvalue weighted by molar-refractivity contribution is 9.10. The van der Waals surface area contributed by atoms with E-state index in [4.69, 9.17) is 14.2 Å². The van der Waals surface area contributed by atoms with Crippen LogP contribution in [0.1, 0.15) is 27.1 Å². The Morgan fingerprint density at radius 3 is 2.58 bits per heavy atom. The number of hydrogen-bond acceptors (Lipinski definition) is 5. The largest absolute Gasteiger partial charge is 0.490 e. The van der Waals surface area contributed by atoms with Crippen LogP contribution in [0.15, 0.2) is 46.9 Å². The van der Waals surface area contributed by atoms with Crippen molar-refractivity contribution in [1.82, 2.24) is 0 Å². The molecule has 0 bridgehead atoms. The van der Waals surface area contributed by atoms with Crippen LogP contribution in [0.2, 0.25) is 0 Å². The molecule has 0 aromatic heterocycles. The molecule has 0 amide bonds. The first-order valence-electron chi connectivity index (χ1n) is 7.49. The van der Waals surface area contributed by atoms with Crippen LogP contribution < -0.4 is 9.47 Å². The summed E-state index contributed by atoms with van der Waals surface area (Å²) in [6.07, 6.45) is 0.794. The lowest BCUT2D eigenvalue weighted by Crippen LogP contribution is -2.14. The Morgan fingerprint density at radius 1 is 1.00 bits per heavy atom. The Kier molecular flexibility index (Phi) is 5.15. The summed E-state index contributed by atoms with van der Waals surface area (Å²) in [6, 6.07) is 11.8. The van der Waals surface area contributed by atoms with Gasteiger partial charge in [0.1, 0.15) is 0 Å². The van der Waals surface area contributed by atoms with E-state index in [-0.39, 0.29) is 12.4 Å². The minimum Gasteiger partial charge on any atom is -0.490 e. The smallest absolute Gasteiger partial charge is 0.338 e. The Bertz CT molecular complexity index is 772. The van der Waals surface area contributed by atoms with E-state index in [1.54, 1.807) is 42.5 Å². The third kappa shape index (κ3) is 3.94. The van der Waals surface area contributed by atoms with Crippen LogP contribution in [-0.4, -0.2) is 31.6 Å². The predicted molar refractivity (Wildman–Crippen MR) is 90.8 cm³/mol. The number of ketones is 1. The zero-order chi connectivity index (χ0) is 16.9. The first kappa shape index (κ1) is 16.5. The van der Waals surface area contributed by atoms with Crippen LogP contribution in [-0.2, 0) is 4.74 Å². The fourth-order valence-electron chi connectivity index (χ4n) is 2.25. The number of carbonyl (C=O) groups is 2. The SMILES string of the molecule is O=C(COC(=O)c1cccc(Br)c1)c1ccc2c(c1)OCCCO2. The standard InChI is InChI=1S/C18H15BrO5/c19-14-4-1-3-13(9-14)18(21)24-11-15(20)12-5-6-16-17(10-12)23-8-2-7-22-16/h1,3-6,9-10H,2,7-8,11H2. The summed E-state index contributed by atoms with van der Waals surface area (Å²) in [5.41, 5.74) is 0.803. The van der Waals surface area contributed by atoms with Crippen LogP contribution in [0.25, 0.3) is 0 Å². The fraction of sp³-hybridized carbons (Fsp3) is 0.222. The summed E-state index contributed by atoms with van der Waals surface area (Å²) in [6.45, 7) is 0.804. The average Bonchev–Trinajstić information content (AvgIpc) is 2.84. The lowest BCUT2D eigenvalue weighted by Gasteiger charge is -2.09. The van der Waals surface area contributed by atoms with Crippen molar-refractivity contribution in [1.29, 1.82) is 0 Å². The highest BCUT2D eigenvalue weighted by Crippen LogP contribution is 2.30. The quantitative estimate of drug-likeness (QED) is 0.588. The molecular formula is C18H15BrO5. The van der Waals surface area contributed by atoms with Gasteiger partial charge in [-0.05, 0) is 36.4 Å². The summed E-state index contributed by atoms with van der Waals surface area (Å²) >= 11 is 3.29. The van der Waals surface area contributed by atoms with E-state index in [2.05, 4.69) is 15.9 Å². The van der Waals surface area contributed by atoms with Gasteiger partial charge in [0.25, 0.3) is 0 Å². The lowest BCUT2D eigenvalue weighted by molar-refractivity contribution is 0.0474. The minimum absolute atomic E-state index is 0.297. The van der Waals surface area contributed by atoms with E-state index in [0.717, 1.165) is 10.9 Å². The average molecular weight is 391 g/mol. The van der Waals surface area contributed by atoms with Gasteiger partial charge in [-0.3, -0.25) is 4.79 Å². The van der Waals surface area contributed by atoms with Crippen molar-refractivity contribution in [3.63, 3.8) is 0 Å². The summed E-state index contributed by atoms with van der Waals surface area (Å²) in [7, 11) is 0. The normalized spacial score (nSPS) is 13.0. The van der Waals surface area contributed by atoms with E-state index in [0.29, 0.717) is 35.8 Å². The number of rotatable bonds is 4. The van der Waals surface area contributed by atoms with Gasteiger partial charge < -0.3 is 14.2 Å². The molecule has 3 rings (SSSR count). The van der Waals surface area contributed by atoms with Crippen LogP contribution >= 0.6 is 15.9 Å².